The van der Waals surface area contributed by atoms with Crippen LogP contribution in [0.2, 0.25) is 10.0 Å². The molecule has 216 valence electrons. The van der Waals surface area contributed by atoms with Crippen LogP contribution in [0.25, 0.3) is 5.69 Å². The molecule has 0 bridgehead atoms. The van der Waals surface area contributed by atoms with E-state index in [0.29, 0.717) is 23.9 Å². The molecule has 0 atom stereocenters. The SMILES string of the molecule is CN(C)CCCNc1c(N(CC(F)(F)F)S(C)(=O)=O)c(C#N)nn1-c1c(Cl)cc(S(F)(F)(F)(F)F)cc1Cl. The number of sulfonamides is 1. The van der Waals surface area contributed by atoms with Gasteiger partial charge in [-0.05, 0) is 39.2 Å². The Morgan fingerprint density at radius 3 is 2.05 bits per heavy atom. The minimum Gasteiger partial charge on any atom is -0.368 e. The van der Waals surface area contributed by atoms with Crippen LogP contribution in [-0.2, 0) is 10.0 Å². The van der Waals surface area contributed by atoms with E-state index in [2.05, 4.69) is 10.4 Å². The minimum atomic E-state index is -10.3. The van der Waals surface area contributed by atoms with Gasteiger partial charge in [0.2, 0.25) is 10.0 Å². The molecule has 1 aromatic heterocycles. The van der Waals surface area contributed by atoms with Crippen molar-refractivity contribution >= 4 is 55.0 Å². The van der Waals surface area contributed by atoms with E-state index in [1.54, 1.807) is 19.0 Å². The second-order valence-electron chi connectivity index (χ2n) is 8.24. The number of nitriles is 1. The van der Waals surface area contributed by atoms with Crippen LogP contribution in [0, 0.1) is 11.3 Å². The monoisotopic (exact) mass is 638 g/mol. The highest BCUT2D eigenvalue weighted by Gasteiger charge is 2.65. The average Bonchev–Trinajstić information content (AvgIpc) is 3.03. The van der Waals surface area contributed by atoms with E-state index in [1.807, 2.05) is 0 Å². The third-order valence-corrected chi connectivity index (χ3v) is 7.48. The zero-order chi connectivity index (χ0) is 29.5. The summed E-state index contributed by atoms with van der Waals surface area (Å²) in [5.74, 6) is -0.612. The standard InChI is InChI=1S/C18H20Cl2F8N6O2S2/c1-32(2)6-4-5-30-17-16(33(37(3,35)36)10-18(21,22)23)14(9-29)31-34(17)15-12(19)7-11(8-13(15)20)38(24,25,26,27)28/h7-8,30H,4-6,10H2,1-3H3. The Labute approximate surface area is 222 Å². The first kappa shape index (κ1) is 32.0. The van der Waals surface area contributed by atoms with Crippen molar-refractivity contribution in [2.45, 2.75) is 17.5 Å². The van der Waals surface area contributed by atoms with Gasteiger partial charge in [0, 0.05) is 6.54 Å². The molecule has 1 heterocycles. The first-order valence-electron chi connectivity index (χ1n) is 10.1. The zero-order valence-electron chi connectivity index (χ0n) is 19.6. The summed E-state index contributed by atoms with van der Waals surface area (Å²) in [5.41, 5.74) is -2.53. The first-order chi connectivity index (χ1) is 16.9. The van der Waals surface area contributed by atoms with Crippen molar-refractivity contribution in [2.24, 2.45) is 0 Å². The smallest absolute Gasteiger partial charge is 0.368 e. The van der Waals surface area contributed by atoms with Gasteiger partial charge in [0.15, 0.2) is 11.5 Å². The van der Waals surface area contributed by atoms with Gasteiger partial charge in [-0.2, -0.15) is 23.5 Å². The molecule has 0 unspecified atom stereocenters. The van der Waals surface area contributed by atoms with Gasteiger partial charge < -0.3 is 10.2 Å². The third-order valence-electron chi connectivity index (χ3n) is 4.66. The molecule has 20 heteroatoms. The molecule has 2 rings (SSSR count). The highest BCUT2D eigenvalue weighted by atomic mass is 35.5. The fourth-order valence-electron chi connectivity index (χ4n) is 3.14. The topological polar surface area (TPSA) is 94.3 Å². The highest BCUT2D eigenvalue weighted by Crippen LogP contribution is 3.02. The maximum Gasteiger partial charge on any atom is 0.407 e. The highest BCUT2D eigenvalue weighted by molar-refractivity contribution is 8.45. The summed E-state index contributed by atoms with van der Waals surface area (Å²) >= 11 is 11.7. The molecular formula is C18H20Cl2F8N6O2S2. The van der Waals surface area contributed by atoms with E-state index >= 15 is 0 Å². The van der Waals surface area contributed by atoms with Gasteiger partial charge in [0.05, 0.1) is 16.3 Å². The molecule has 0 fully saturated rings. The van der Waals surface area contributed by atoms with Crippen LogP contribution in [-0.4, -0.2) is 69.3 Å². The zero-order valence-corrected chi connectivity index (χ0v) is 22.8. The van der Waals surface area contributed by atoms with Crippen LogP contribution >= 0.6 is 33.4 Å². The number of nitrogens with zero attached hydrogens (tertiary/aromatic N) is 5. The number of alkyl halides is 3. The van der Waals surface area contributed by atoms with Crippen LogP contribution in [0.4, 0.5) is 44.1 Å². The van der Waals surface area contributed by atoms with Crippen molar-refractivity contribution in [1.82, 2.24) is 14.7 Å². The molecular weight excluding hydrogens is 619 g/mol. The van der Waals surface area contributed by atoms with E-state index in [1.165, 1.54) is 6.07 Å². The Bertz CT molecular complexity index is 1350. The summed E-state index contributed by atoms with van der Waals surface area (Å²) < 4.78 is 132. The second-order valence-corrected chi connectivity index (χ2v) is 13.4. The number of rotatable bonds is 10. The lowest BCUT2D eigenvalue weighted by atomic mass is 10.3. The van der Waals surface area contributed by atoms with Crippen LogP contribution in [0.3, 0.4) is 0 Å². The molecule has 0 aliphatic heterocycles. The predicted molar refractivity (Wildman–Crippen MR) is 130 cm³/mol. The summed E-state index contributed by atoms with van der Waals surface area (Å²) in [6, 6.07) is 1.12. The Balaban J connectivity index is 2.90. The molecule has 0 saturated carbocycles. The lowest BCUT2D eigenvalue weighted by molar-refractivity contribution is -0.117. The molecule has 0 amide bonds. The van der Waals surface area contributed by atoms with Gasteiger partial charge in [0.1, 0.15) is 28.9 Å². The van der Waals surface area contributed by atoms with Crippen LogP contribution in [0.1, 0.15) is 12.1 Å². The lowest BCUT2D eigenvalue weighted by Gasteiger charge is -2.40. The molecule has 2 aromatic rings. The normalized spacial score (nSPS) is 14.7. The second kappa shape index (κ2) is 9.77. The quantitative estimate of drug-likeness (QED) is 0.239. The van der Waals surface area contributed by atoms with E-state index in [0.717, 1.165) is 0 Å². The largest absolute Gasteiger partial charge is 0.407 e. The maximum atomic E-state index is 13.3. The molecule has 0 aliphatic carbocycles. The van der Waals surface area contributed by atoms with E-state index in [-0.39, 0.29) is 23.0 Å². The maximum absolute atomic E-state index is 13.3. The van der Waals surface area contributed by atoms with Gasteiger partial charge in [-0.15, -0.1) is 0 Å². The fourth-order valence-corrected chi connectivity index (χ4v) is 5.48. The van der Waals surface area contributed by atoms with Crippen LogP contribution in [0.5, 0.6) is 0 Å². The molecule has 8 nitrogen and oxygen atoms in total. The summed E-state index contributed by atoms with van der Waals surface area (Å²) in [6.45, 7) is -1.73. The van der Waals surface area contributed by atoms with Crippen LogP contribution < -0.4 is 9.62 Å². The van der Waals surface area contributed by atoms with Gasteiger partial charge >= 0.3 is 16.4 Å². The molecule has 0 saturated heterocycles. The minimum absolute atomic E-state index is 0.0653. The van der Waals surface area contributed by atoms with Gasteiger partial charge in [-0.25, -0.2) is 13.1 Å². The van der Waals surface area contributed by atoms with E-state index in [9.17, 15) is 46.3 Å². The van der Waals surface area contributed by atoms with Crippen molar-refractivity contribution in [3.05, 3.63) is 27.9 Å². The number of hydrogen-bond acceptors (Lipinski definition) is 6. The summed E-state index contributed by atoms with van der Waals surface area (Å²) in [5, 5.41) is 13.7. The summed E-state index contributed by atoms with van der Waals surface area (Å²) in [4.78, 5) is -0.716. The fraction of sp³-hybridized carbons (Fsp3) is 0.444. The molecule has 0 spiro atoms. The van der Waals surface area contributed by atoms with Crippen molar-refractivity contribution in [3.8, 4) is 11.8 Å². The van der Waals surface area contributed by atoms with Crippen molar-refractivity contribution in [3.63, 3.8) is 0 Å². The third kappa shape index (κ3) is 7.91. The van der Waals surface area contributed by atoms with Gasteiger partial charge in [0.25, 0.3) is 0 Å². The van der Waals surface area contributed by atoms with Crippen molar-refractivity contribution in [1.29, 1.82) is 5.26 Å². The molecule has 38 heavy (non-hydrogen) atoms. The Kier molecular flexibility index (Phi) is 8.23. The van der Waals surface area contributed by atoms with E-state index in [4.69, 9.17) is 23.2 Å². The van der Waals surface area contributed by atoms with Gasteiger partial charge in [-0.1, -0.05) is 42.6 Å². The molecule has 1 aromatic carbocycles. The van der Waals surface area contributed by atoms with Crippen LogP contribution in [0.15, 0.2) is 17.0 Å². The summed E-state index contributed by atoms with van der Waals surface area (Å²) in [6.07, 6.45) is -4.36. The molecule has 1 N–H and O–H groups in total. The number of hydrogen-bond donors (Lipinski definition) is 1. The Hall–Kier alpha value is -2.20. The number of benzene rings is 1. The first-order valence-corrected chi connectivity index (χ1v) is 14.6. The molecule has 0 aliphatic rings. The average molecular weight is 639 g/mol. The Morgan fingerprint density at radius 2 is 1.66 bits per heavy atom. The number of anilines is 2. The van der Waals surface area contributed by atoms with Crippen molar-refractivity contribution in [2.75, 3.05) is 49.6 Å². The predicted octanol–water partition coefficient (Wildman–Crippen LogP) is 6.40. The summed E-state index contributed by atoms with van der Waals surface area (Å²) in [7, 11) is -11.6. The van der Waals surface area contributed by atoms with Crippen molar-refractivity contribution < 1.29 is 41.0 Å². The number of halogens is 10. The number of aromatic nitrogens is 2. The van der Waals surface area contributed by atoms with E-state index < -0.39 is 70.8 Å². The Morgan fingerprint density at radius 1 is 1.13 bits per heavy atom. The lowest BCUT2D eigenvalue weighted by Crippen LogP contribution is -2.39. The van der Waals surface area contributed by atoms with Gasteiger partial charge in [-0.3, -0.25) is 4.31 Å². The number of nitrogens with one attached hydrogen (secondary N) is 1. The molecule has 0 radical (unpaired) electrons.